The van der Waals surface area contributed by atoms with Gasteiger partial charge in [-0.1, -0.05) is 55.1 Å². The highest BCUT2D eigenvalue weighted by atomic mass is 127. The molecule has 4 aromatic heterocycles. The molecule has 12 rings (SSSR count). The first-order valence-corrected chi connectivity index (χ1v) is 33.1. The van der Waals surface area contributed by atoms with Crippen LogP contribution in [0.2, 0.25) is 0 Å². The van der Waals surface area contributed by atoms with Gasteiger partial charge in [-0.3, -0.25) is 4.99 Å². The Morgan fingerprint density at radius 1 is 0.617 bits per heavy atom. The molecule has 27 heteroatoms. The van der Waals surface area contributed by atoms with Crippen LogP contribution in [-0.4, -0.2) is 134 Å². The number of anilines is 9. The Kier molecular flexibility index (Phi) is 25.7. The van der Waals surface area contributed by atoms with E-state index >= 15 is 0 Å². The molecule has 6 aromatic rings. The van der Waals surface area contributed by atoms with Gasteiger partial charge in [-0.05, 0) is 183 Å². The molecule has 94 heavy (non-hydrogen) atoms. The van der Waals surface area contributed by atoms with E-state index in [0.29, 0.717) is 79.5 Å². The standard InChI is InChI=1S/C24H27FN8.C22H25FIN7.C21H27FN8/c1-18(9-5-6-12-25)15-27-22-29-23(31-24(30-22)33-13-7-2-8-14-33)32-28-17-19-16-26-21-11-4-3-10-20(19)21;23-18-8-4-6-16(12-18)14-25-20-27-21(29-22(28-20)31-10-2-1-3-11-31)30-26-15-17-7-5-9-19(24)13-17;22-18-6-4-5-17(13-18)14-24-19-26-20(29-25-15-16-7-9-23-10-8-16)28-21(27-19)30-11-2-1-3-12-30/h3-6,9-12,16-17,26H,1-2,7-8,13-15H2,(H2,27,29,30,31,32);5,7-9,12-13,15H,1-4,6,10-11,14H2,(H2,25,27,28,29,30);6-7,9-10,13,15-16H,1-5,8,11-12,14H2,(H2,24,26,27,28,29)/b9-5-,12-6+,28-17+;26-15+;25-15+. The zero-order chi connectivity index (χ0) is 64.9. The van der Waals surface area contributed by atoms with Crippen molar-refractivity contribution >= 4 is 112 Å². The van der Waals surface area contributed by atoms with Gasteiger partial charge in [0.2, 0.25) is 53.5 Å². The van der Waals surface area contributed by atoms with E-state index < -0.39 is 0 Å². The summed E-state index contributed by atoms with van der Waals surface area (Å²) in [5.74, 6) is 4.19. The molecule has 8 heterocycles. The van der Waals surface area contributed by atoms with Crippen molar-refractivity contribution in [2.24, 2.45) is 26.2 Å². The van der Waals surface area contributed by atoms with Gasteiger partial charge < -0.3 is 35.6 Å². The molecule has 7 N–H and O–H groups in total. The van der Waals surface area contributed by atoms with E-state index in [1.54, 1.807) is 55.1 Å². The van der Waals surface area contributed by atoms with Crippen molar-refractivity contribution in [1.29, 1.82) is 0 Å². The van der Waals surface area contributed by atoms with Crippen molar-refractivity contribution < 1.29 is 13.2 Å². The molecule has 1 unspecified atom stereocenters. The lowest BCUT2D eigenvalue weighted by atomic mass is 10.0. The third-order valence-corrected chi connectivity index (χ3v) is 16.2. The van der Waals surface area contributed by atoms with E-state index in [9.17, 15) is 13.2 Å². The van der Waals surface area contributed by atoms with Crippen LogP contribution in [-0.2, 0) is 0 Å². The van der Waals surface area contributed by atoms with E-state index in [4.69, 9.17) is 0 Å². The Bertz CT molecular complexity index is 3830. The summed E-state index contributed by atoms with van der Waals surface area (Å²) in [7, 11) is 0. The van der Waals surface area contributed by atoms with Crippen LogP contribution in [0.4, 0.5) is 66.7 Å². The number of aliphatic imine (C=N–C) groups is 1. The topological polar surface area (TPSA) is 263 Å². The Morgan fingerprint density at radius 2 is 1.15 bits per heavy atom. The third kappa shape index (κ3) is 21.7. The van der Waals surface area contributed by atoms with Crippen LogP contribution < -0.4 is 46.9 Å². The van der Waals surface area contributed by atoms with Crippen LogP contribution in [0.5, 0.6) is 0 Å². The fourth-order valence-electron chi connectivity index (χ4n) is 10.7. The number of nitrogens with zero attached hydrogens (tertiary/aromatic N) is 16. The number of hydrogen-bond acceptors (Lipinski definition) is 22. The average molecular weight is 1390 g/mol. The van der Waals surface area contributed by atoms with Gasteiger partial charge in [0.1, 0.15) is 11.7 Å². The van der Waals surface area contributed by atoms with Gasteiger partial charge in [-0.25, -0.2) is 29.4 Å². The van der Waals surface area contributed by atoms with Crippen molar-refractivity contribution in [2.75, 3.05) is 106 Å². The number of allylic oxidation sites excluding steroid dienone is 9. The molecule has 0 bridgehead atoms. The highest BCUT2D eigenvalue weighted by Gasteiger charge is 2.20. The second-order valence-corrected chi connectivity index (χ2v) is 24.0. The van der Waals surface area contributed by atoms with Crippen LogP contribution in [0.3, 0.4) is 0 Å². The van der Waals surface area contributed by atoms with Gasteiger partial charge in [0.15, 0.2) is 0 Å². The van der Waals surface area contributed by atoms with Gasteiger partial charge in [0.25, 0.3) is 0 Å². The summed E-state index contributed by atoms with van der Waals surface area (Å²) in [5, 5.41) is 23.6. The first kappa shape index (κ1) is 67.2. The predicted molar refractivity (Wildman–Crippen MR) is 382 cm³/mol. The highest BCUT2D eigenvalue weighted by molar-refractivity contribution is 14.1. The molecule has 0 amide bonds. The summed E-state index contributed by atoms with van der Waals surface area (Å²) in [6, 6.07) is 16.1. The number of H-pyrrole nitrogens is 1. The number of piperidine rings is 3. The molecule has 4 aliphatic heterocycles. The summed E-state index contributed by atoms with van der Waals surface area (Å²) < 4.78 is 40.3. The molecule has 1 atom stereocenters. The zero-order valence-electron chi connectivity index (χ0n) is 52.5. The van der Waals surface area contributed by atoms with Crippen molar-refractivity contribution in [3.63, 3.8) is 0 Å². The van der Waals surface area contributed by atoms with Crippen molar-refractivity contribution in [1.82, 2.24) is 49.8 Å². The average Bonchev–Trinajstić information content (AvgIpc) is 1.60. The van der Waals surface area contributed by atoms with Crippen LogP contribution in [0.1, 0.15) is 101 Å². The predicted octanol–water partition coefficient (Wildman–Crippen LogP) is 13.5. The maximum atomic E-state index is 13.5. The van der Waals surface area contributed by atoms with Gasteiger partial charge >= 0.3 is 0 Å². The monoisotopic (exact) mass is 1390 g/mol. The largest absolute Gasteiger partial charge is 0.361 e. The second-order valence-electron chi connectivity index (χ2n) is 22.8. The van der Waals surface area contributed by atoms with Crippen molar-refractivity contribution in [3.05, 3.63) is 166 Å². The van der Waals surface area contributed by atoms with Crippen LogP contribution in [0.15, 0.2) is 171 Å². The number of nitrogens with one attached hydrogen (secondary N) is 7. The summed E-state index contributed by atoms with van der Waals surface area (Å²) in [6.07, 6.45) is 38.6. The number of fused-ring (bicyclic) bond motifs is 1. The lowest BCUT2D eigenvalue weighted by molar-refractivity contribution is 0.568. The minimum Gasteiger partial charge on any atom is -0.361 e. The van der Waals surface area contributed by atoms with Gasteiger partial charge in [-0.2, -0.15) is 60.2 Å². The fraction of sp³-hybridized carbons (Fsp3) is 0.358. The summed E-state index contributed by atoms with van der Waals surface area (Å²) in [6.45, 7) is 10.9. The highest BCUT2D eigenvalue weighted by Crippen LogP contribution is 2.25. The molecule has 2 aromatic carbocycles. The quantitative estimate of drug-likeness (QED) is 0.0136. The Morgan fingerprint density at radius 3 is 1.68 bits per heavy atom. The molecule has 2 aliphatic carbocycles. The normalized spacial score (nSPS) is 17.5. The van der Waals surface area contributed by atoms with Gasteiger partial charge in [-0.15, -0.1) is 0 Å². The maximum absolute atomic E-state index is 13.5. The molecular weight excluding hydrogens is 1310 g/mol. The number of rotatable bonds is 23. The Balaban J connectivity index is 0.000000154. The molecule has 6 aliphatic rings. The second kappa shape index (κ2) is 36.0. The Labute approximate surface area is 559 Å². The molecule has 0 saturated carbocycles. The maximum Gasteiger partial charge on any atom is 0.250 e. The number of hydrogen-bond donors (Lipinski definition) is 7. The fourth-order valence-corrected chi connectivity index (χ4v) is 11.2. The summed E-state index contributed by atoms with van der Waals surface area (Å²) >= 11 is 2.27. The number of para-hydroxylation sites is 1. The molecule has 3 saturated heterocycles. The van der Waals surface area contributed by atoms with Crippen molar-refractivity contribution in [3.8, 4) is 0 Å². The summed E-state index contributed by atoms with van der Waals surface area (Å²) in [4.78, 5) is 54.6. The third-order valence-electron chi connectivity index (χ3n) is 15.6. The zero-order valence-corrected chi connectivity index (χ0v) is 54.7. The first-order chi connectivity index (χ1) is 46.1. The minimum atomic E-state index is -0.181. The van der Waals surface area contributed by atoms with Crippen LogP contribution >= 0.6 is 22.6 Å². The molecule has 3 fully saturated rings. The minimum absolute atomic E-state index is 0.179. The smallest absolute Gasteiger partial charge is 0.250 e. The molecule has 0 radical (unpaired) electrons. The SMILES string of the molecule is C=C(/C=C\C=C\F)CNc1nc(N/N=C/c2c[nH]c3ccccc23)nc(N2CCCCC2)n1.FC1=CCCC(CNc2nc(N/N=C/C3C=CN=CC3)nc(N3CCCCC3)n2)=C1.FC1=CCCC(CNc2nc(N/N=C/c3cccc(I)c3)nc(N3CCCCC3)n2)=C1. The van der Waals surface area contributed by atoms with Crippen LogP contribution in [0, 0.1) is 9.49 Å². The van der Waals surface area contributed by atoms with Gasteiger partial charge in [0.05, 0.1) is 18.8 Å². The van der Waals surface area contributed by atoms with E-state index in [2.05, 4.69) is 146 Å². The molecule has 23 nitrogen and oxygen atoms in total. The lowest BCUT2D eigenvalue weighted by Crippen LogP contribution is -2.31. The lowest BCUT2D eigenvalue weighted by Gasteiger charge is -2.27. The molecular formula is C67H79F3IN23. The van der Waals surface area contributed by atoms with Crippen molar-refractivity contribution in [2.45, 2.75) is 89.9 Å². The Hall–Kier alpha value is -9.67. The number of aromatic amines is 1. The number of halogens is 4. The van der Waals surface area contributed by atoms with E-state index in [0.717, 1.165) is 152 Å². The van der Waals surface area contributed by atoms with E-state index in [-0.39, 0.29) is 17.6 Å². The number of hydrazone groups is 3. The number of benzene rings is 2. The molecule has 490 valence electrons. The first-order valence-electron chi connectivity index (χ1n) is 32.0. The summed E-state index contributed by atoms with van der Waals surface area (Å²) in [5.41, 5.74) is 14.6. The van der Waals surface area contributed by atoms with Gasteiger partial charge in [0, 0.05) is 110 Å². The number of aromatic nitrogens is 10. The van der Waals surface area contributed by atoms with E-state index in [1.807, 2.05) is 73.2 Å². The van der Waals surface area contributed by atoms with E-state index in [1.165, 1.54) is 25.3 Å². The molecule has 0 spiro atoms. The van der Waals surface area contributed by atoms with Crippen LogP contribution in [0.25, 0.3) is 10.9 Å².